The van der Waals surface area contributed by atoms with Gasteiger partial charge in [0.05, 0.1) is 19.2 Å². The van der Waals surface area contributed by atoms with E-state index in [2.05, 4.69) is 21.4 Å². The van der Waals surface area contributed by atoms with Crippen molar-refractivity contribution in [2.75, 3.05) is 12.4 Å². The summed E-state index contributed by atoms with van der Waals surface area (Å²) in [5.74, 6) is 0.942. The van der Waals surface area contributed by atoms with E-state index in [1.54, 1.807) is 37.0 Å². The van der Waals surface area contributed by atoms with Crippen molar-refractivity contribution in [2.24, 2.45) is 0 Å². The molecule has 2 aromatic carbocycles. The van der Waals surface area contributed by atoms with Gasteiger partial charge in [-0.3, -0.25) is 4.98 Å². The Morgan fingerprint density at radius 1 is 1.10 bits per heavy atom. The molecule has 2 aromatic heterocycles. The first kappa shape index (κ1) is 18.8. The number of aromatic nitrogens is 2. The van der Waals surface area contributed by atoms with Crippen molar-refractivity contribution in [1.82, 2.24) is 9.97 Å². The third kappa shape index (κ3) is 4.17. The Morgan fingerprint density at radius 2 is 1.97 bits per heavy atom. The Bertz CT molecular complexity index is 1080. The zero-order valence-electron chi connectivity index (χ0n) is 15.8. The molecule has 29 heavy (non-hydrogen) atoms. The van der Waals surface area contributed by atoms with Crippen LogP contribution in [0.25, 0.3) is 10.4 Å². The molecule has 0 aliphatic heterocycles. The number of hydrogen-bond acceptors (Lipinski definition) is 6. The van der Waals surface area contributed by atoms with Crippen LogP contribution >= 0.6 is 11.3 Å². The lowest BCUT2D eigenvalue weighted by atomic mass is 9.90. The van der Waals surface area contributed by atoms with Crippen LogP contribution in [0.1, 0.15) is 17.0 Å². The summed E-state index contributed by atoms with van der Waals surface area (Å²) in [6, 6.07) is 17.8. The van der Waals surface area contributed by atoms with Crippen molar-refractivity contribution in [3.05, 3.63) is 89.7 Å². The molecule has 0 bridgehead atoms. The molecule has 0 saturated heterocycles. The third-order valence-electron chi connectivity index (χ3n) is 4.61. The van der Waals surface area contributed by atoms with Gasteiger partial charge in [0.1, 0.15) is 17.9 Å². The van der Waals surface area contributed by atoms with Crippen LogP contribution < -0.4 is 10.1 Å². The molecule has 6 heteroatoms. The normalized spacial score (nSPS) is 11.6. The SMILES string of the molecule is COc1ccc(-c2cccs2)cc1C(C=O)c1ccc(Nc2cnccn2)cc1. The summed E-state index contributed by atoms with van der Waals surface area (Å²) >= 11 is 1.67. The lowest BCUT2D eigenvalue weighted by Gasteiger charge is -2.17. The van der Waals surface area contributed by atoms with Crippen LogP contribution in [-0.4, -0.2) is 23.4 Å². The fourth-order valence-corrected chi connectivity index (χ4v) is 3.91. The Kier molecular flexibility index (Phi) is 5.63. The summed E-state index contributed by atoms with van der Waals surface area (Å²) < 4.78 is 5.54. The van der Waals surface area contributed by atoms with Gasteiger partial charge in [0, 0.05) is 28.5 Å². The van der Waals surface area contributed by atoms with E-state index in [0.29, 0.717) is 11.6 Å². The molecule has 5 nitrogen and oxygen atoms in total. The second kappa shape index (κ2) is 8.67. The van der Waals surface area contributed by atoms with Gasteiger partial charge in [-0.2, -0.15) is 0 Å². The molecular weight excluding hydrogens is 382 g/mol. The van der Waals surface area contributed by atoms with Gasteiger partial charge in [0.15, 0.2) is 0 Å². The first-order valence-corrected chi connectivity index (χ1v) is 9.96. The number of methoxy groups -OCH3 is 1. The monoisotopic (exact) mass is 401 g/mol. The van der Waals surface area contributed by atoms with E-state index in [4.69, 9.17) is 4.74 Å². The van der Waals surface area contributed by atoms with Crippen LogP contribution in [0.5, 0.6) is 5.75 Å². The van der Waals surface area contributed by atoms with E-state index in [-0.39, 0.29) is 0 Å². The average molecular weight is 401 g/mol. The van der Waals surface area contributed by atoms with Gasteiger partial charge in [-0.25, -0.2) is 4.98 Å². The maximum Gasteiger partial charge on any atom is 0.148 e. The molecule has 144 valence electrons. The number of aldehydes is 1. The van der Waals surface area contributed by atoms with Crippen LogP contribution in [0, 0.1) is 0 Å². The molecule has 0 aliphatic rings. The van der Waals surface area contributed by atoms with Crippen molar-refractivity contribution in [2.45, 2.75) is 5.92 Å². The first-order chi connectivity index (χ1) is 14.3. The quantitative estimate of drug-likeness (QED) is 0.426. The van der Waals surface area contributed by atoms with Gasteiger partial charge < -0.3 is 14.8 Å². The van der Waals surface area contributed by atoms with E-state index in [1.807, 2.05) is 53.9 Å². The van der Waals surface area contributed by atoms with Crippen molar-refractivity contribution in [3.63, 3.8) is 0 Å². The first-order valence-electron chi connectivity index (χ1n) is 9.08. The highest BCUT2D eigenvalue weighted by molar-refractivity contribution is 7.13. The van der Waals surface area contributed by atoms with Crippen LogP contribution in [0.3, 0.4) is 0 Å². The fraction of sp³-hybridized carbons (Fsp3) is 0.0870. The summed E-state index contributed by atoms with van der Waals surface area (Å²) in [6.07, 6.45) is 5.87. The van der Waals surface area contributed by atoms with Crippen molar-refractivity contribution >= 4 is 29.1 Å². The predicted octanol–water partition coefficient (Wildman–Crippen LogP) is 5.29. The zero-order valence-corrected chi connectivity index (χ0v) is 16.6. The number of rotatable bonds is 7. The number of nitrogens with zero attached hydrogens (tertiary/aromatic N) is 2. The zero-order chi connectivity index (χ0) is 20.1. The molecule has 1 unspecified atom stereocenters. The maximum atomic E-state index is 12.1. The average Bonchev–Trinajstić information content (AvgIpc) is 3.31. The van der Waals surface area contributed by atoms with Gasteiger partial charge in [0.25, 0.3) is 0 Å². The van der Waals surface area contributed by atoms with Crippen molar-refractivity contribution in [1.29, 1.82) is 0 Å². The summed E-state index contributed by atoms with van der Waals surface area (Å²) in [6.45, 7) is 0. The summed E-state index contributed by atoms with van der Waals surface area (Å²) in [7, 11) is 1.62. The van der Waals surface area contributed by atoms with Gasteiger partial charge in [0.2, 0.25) is 0 Å². The molecule has 4 aromatic rings. The minimum atomic E-state index is -0.421. The Labute approximate surface area is 173 Å². The highest BCUT2D eigenvalue weighted by Gasteiger charge is 2.19. The largest absolute Gasteiger partial charge is 0.496 e. The van der Waals surface area contributed by atoms with Gasteiger partial charge in [-0.05, 0) is 52.9 Å². The lowest BCUT2D eigenvalue weighted by molar-refractivity contribution is -0.108. The molecule has 2 heterocycles. The molecule has 0 aliphatic carbocycles. The number of anilines is 2. The van der Waals surface area contributed by atoms with E-state index in [0.717, 1.165) is 33.5 Å². The minimum Gasteiger partial charge on any atom is -0.496 e. The molecule has 1 N–H and O–H groups in total. The van der Waals surface area contributed by atoms with Gasteiger partial charge in [-0.1, -0.05) is 18.2 Å². The maximum absolute atomic E-state index is 12.1. The molecule has 1 atom stereocenters. The Hall–Kier alpha value is -3.51. The second-order valence-corrected chi connectivity index (χ2v) is 7.33. The molecule has 0 fully saturated rings. The van der Waals surface area contributed by atoms with E-state index >= 15 is 0 Å². The fourth-order valence-electron chi connectivity index (χ4n) is 3.19. The van der Waals surface area contributed by atoms with Crippen LogP contribution in [-0.2, 0) is 4.79 Å². The highest BCUT2D eigenvalue weighted by atomic mass is 32.1. The molecule has 4 rings (SSSR count). The van der Waals surface area contributed by atoms with Crippen LogP contribution in [0.4, 0.5) is 11.5 Å². The van der Waals surface area contributed by atoms with Crippen molar-refractivity contribution in [3.8, 4) is 16.2 Å². The topological polar surface area (TPSA) is 64.1 Å². The number of hydrogen-bond donors (Lipinski definition) is 1. The summed E-state index contributed by atoms with van der Waals surface area (Å²) in [5, 5.41) is 5.23. The lowest BCUT2D eigenvalue weighted by Crippen LogP contribution is -2.05. The number of thiophene rings is 1. The number of benzene rings is 2. The second-order valence-electron chi connectivity index (χ2n) is 6.39. The van der Waals surface area contributed by atoms with Gasteiger partial charge >= 0.3 is 0 Å². The Morgan fingerprint density at radius 3 is 2.62 bits per heavy atom. The minimum absolute atomic E-state index is 0.421. The predicted molar refractivity (Wildman–Crippen MR) is 116 cm³/mol. The molecular formula is C23H19N3O2S. The smallest absolute Gasteiger partial charge is 0.148 e. The highest BCUT2D eigenvalue weighted by Crippen LogP contribution is 2.36. The number of carbonyl (C=O) groups is 1. The summed E-state index contributed by atoms with van der Waals surface area (Å²) in [4.78, 5) is 21.5. The number of carbonyl (C=O) groups excluding carboxylic acids is 1. The number of nitrogens with one attached hydrogen (secondary N) is 1. The van der Waals surface area contributed by atoms with Crippen molar-refractivity contribution < 1.29 is 9.53 Å². The molecule has 0 saturated carbocycles. The number of ether oxygens (including phenoxy) is 1. The molecule has 0 amide bonds. The molecule has 0 radical (unpaired) electrons. The third-order valence-corrected chi connectivity index (χ3v) is 5.53. The molecule has 0 spiro atoms. The Balaban J connectivity index is 1.65. The van der Waals surface area contributed by atoms with Crippen LogP contribution in [0.2, 0.25) is 0 Å². The van der Waals surface area contributed by atoms with E-state index in [9.17, 15) is 4.79 Å². The summed E-state index contributed by atoms with van der Waals surface area (Å²) in [5.41, 5.74) is 3.69. The van der Waals surface area contributed by atoms with E-state index < -0.39 is 5.92 Å². The van der Waals surface area contributed by atoms with Crippen LogP contribution in [0.15, 0.2) is 78.6 Å². The van der Waals surface area contributed by atoms with E-state index in [1.165, 1.54) is 0 Å². The standard InChI is InChI=1S/C23H19N3O2S/c1-28-21-9-6-17(22-3-2-12-29-22)13-19(21)20(15-27)16-4-7-18(8-5-16)26-23-14-24-10-11-25-23/h2-15,20H,1H3,(H,25,26). The van der Waals surface area contributed by atoms with Gasteiger partial charge in [-0.15, -0.1) is 11.3 Å².